The highest BCUT2D eigenvalue weighted by molar-refractivity contribution is 7.94. The van der Waals surface area contributed by atoms with E-state index < -0.39 is 20.6 Å². The van der Waals surface area contributed by atoms with E-state index in [-0.39, 0.29) is 29.4 Å². The number of sulfonamides is 1. The Balaban J connectivity index is 2.02. The predicted octanol–water partition coefficient (Wildman–Crippen LogP) is 2.93. The summed E-state index contributed by atoms with van der Waals surface area (Å²) in [5.41, 5.74) is 1.10. The Labute approximate surface area is 169 Å². The molecule has 2 aromatic rings. The van der Waals surface area contributed by atoms with Crippen molar-refractivity contribution in [3.05, 3.63) is 51.6 Å². The molecular formula is C20H26FN3O4S. The maximum Gasteiger partial charge on any atom is 0.254 e. The molecule has 0 saturated heterocycles. The number of halogens is 1. The van der Waals surface area contributed by atoms with Crippen molar-refractivity contribution in [3.8, 4) is 0 Å². The lowest BCUT2D eigenvalue weighted by Crippen LogP contribution is -2.32. The molecule has 9 heteroatoms. The second-order valence-electron chi connectivity index (χ2n) is 7.68. The monoisotopic (exact) mass is 423 g/mol. The maximum absolute atomic E-state index is 14.3. The number of nitrogens with zero attached hydrogens (tertiary/aromatic N) is 1. The van der Waals surface area contributed by atoms with Gasteiger partial charge in [0.15, 0.2) is 0 Å². The van der Waals surface area contributed by atoms with Gasteiger partial charge in [-0.25, -0.2) is 12.8 Å². The number of benzene rings is 1. The third kappa shape index (κ3) is 4.16. The number of aliphatic hydroxyl groups excluding tert-OH is 1. The summed E-state index contributed by atoms with van der Waals surface area (Å²) in [7, 11) is -2.26. The molecular weight excluding hydrogens is 397 g/mol. The maximum atomic E-state index is 14.3. The second kappa shape index (κ2) is 7.79. The van der Waals surface area contributed by atoms with E-state index >= 15 is 0 Å². The lowest BCUT2D eigenvalue weighted by molar-refractivity contribution is 0.282. The quantitative estimate of drug-likeness (QED) is 0.606. The van der Waals surface area contributed by atoms with Gasteiger partial charge in [0, 0.05) is 19.2 Å². The largest absolute Gasteiger partial charge is 0.396 e. The molecule has 1 aliphatic carbocycles. The number of hydrogen-bond acceptors (Lipinski definition) is 5. The van der Waals surface area contributed by atoms with E-state index in [2.05, 4.69) is 10.0 Å². The van der Waals surface area contributed by atoms with Gasteiger partial charge in [-0.05, 0) is 63.3 Å². The van der Waals surface area contributed by atoms with Crippen LogP contribution in [0.4, 0.5) is 21.6 Å². The Hall–Kier alpha value is -2.39. The fourth-order valence-corrected chi connectivity index (χ4v) is 5.13. The van der Waals surface area contributed by atoms with E-state index in [1.54, 1.807) is 19.9 Å². The Morgan fingerprint density at radius 3 is 2.48 bits per heavy atom. The van der Waals surface area contributed by atoms with E-state index in [0.717, 1.165) is 5.56 Å². The fourth-order valence-electron chi connectivity index (χ4n) is 3.42. The molecule has 29 heavy (non-hydrogen) atoms. The molecule has 0 unspecified atom stereocenters. The van der Waals surface area contributed by atoms with Gasteiger partial charge in [-0.15, -0.1) is 0 Å². The number of hydrogen-bond donors (Lipinski definition) is 3. The van der Waals surface area contributed by atoms with E-state index in [9.17, 15) is 17.6 Å². The first-order valence-corrected chi connectivity index (χ1v) is 11.0. The van der Waals surface area contributed by atoms with Gasteiger partial charge in [0.2, 0.25) is 10.0 Å². The van der Waals surface area contributed by atoms with Crippen molar-refractivity contribution < 1.29 is 17.9 Å². The molecule has 3 N–H and O–H groups in total. The topological polar surface area (TPSA) is 100 Å². The van der Waals surface area contributed by atoms with Crippen molar-refractivity contribution in [3.63, 3.8) is 0 Å². The van der Waals surface area contributed by atoms with Gasteiger partial charge in [-0.2, -0.15) is 0 Å². The summed E-state index contributed by atoms with van der Waals surface area (Å²) in [6.07, 6.45) is 1.79. The van der Waals surface area contributed by atoms with Crippen molar-refractivity contribution >= 4 is 27.2 Å². The van der Waals surface area contributed by atoms with Crippen LogP contribution >= 0.6 is 0 Å². The first-order valence-electron chi connectivity index (χ1n) is 9.47. The Bertz CT molecular complexity index is 1090. The van der Waals surface area contributed by atoms with E-state index in [1.807, 2.05) is 0 Å². The molecule has 3 rings (SSSR count). The highest BCUT2D eigenvalue weighted by Gasteiger charge is 2.54. The van der Waals surface area contributed by atoms with Gasteiger partial charge in [0.05, 0.1) is 16.1 Å². The molecule has 1 heterocycles. The second-order valence-corrected chi connectivity index (χ2v) is 9.75. The van der Waals surface area contributed by atoms with Crippen molar-refractivity contribution in [2.75, 3.05) is 16.6 Å². The van der Waals surface area contributed by atoms with Crippen molar-refractivity contribution in [1.82, 2.24) is 4.57 Å². The zero-order chi connectivity index (χ0) is 21.4. The molecule has 0 radical (unpaired) electrons. The molecule has 1 aromatic carbocycles. The minimum absolute atomic E-state index is 0.0737. The smallest absolute Gasteiger partial charge is 0.254 e. The lowest BCUT2D eigenvalue weighted by Gasteiger charge is -2.22. The summed E-state index contributed by atoms with van der Waals surface area (Å²) in [5, 5.41) is 11.9. The average Bonchev–Trinajstić information content (AvgIpc) is 3.44. The normalized spacial score (nSPS) is 15.2. The molecule has 0 aliphatic heterocycles. The van der Waals surface area contributed by atoms with Gasteiger partial charge < -0.3 is 10.4 Å². The fraction of sp³-hybridized carbons (Fsp3) is 0.450. The SMILES string of the molecule is Cc1ccc(Nc2c(NS(=O)(=O)C3(CCCO)CC3)cc(C)c(=O)n2C)c(F)c1. The van der Waals surface area contributed by atoms with Crippen LogP contribution in [0.3, 0.4) is 0 Å². The Morgan fingerprint density at radius 2 is 1.90 bits per heavy atom. The molecule has 1 saturated carbocycles. The van der Waals surface area contributed by atoms with Crippen molar-refractivity contribution in [1.29, 1.82) is 0 Å². The summed E-state index contributed by atoms with van der Waals surface area (Å²) in [6, 6.07) is 6.07. The van der Waals surface area contributed by atoms with Crippen LogP contribution in [-0.2, 0) is 17.1 Å². The van der Waals surface area contributed by atoms with Crippen molar-refractivity contribution in [2.24, 2.45) is 7.05 Å². The highest BCUT2D eigenvalue weighted by atomic mass is 32.2. The number of nitrogens with one attached hydrogen (secondary N) is 2. The minimum atomic E-state index is -3.76. The molecule has 0 atom stereocenters. The first-order chi connectivity index (χ1) is 13.6. The summed E-state index contributed by atoms with van der Waals surface area (Å²) in [4.78, 5) is 12.4. The van der Waals surface area contributed by atoms with Crippen LogP contribution in [0.5, 0.6) is 0 Å². The summed E-state index contributed by atoms with van der Waals surface area (Å²) in [5.74, 6) is -0.349. The van der Waals surface area contributed by atoms with Gasteiger partial charge in [0.25, 0.3) is 5.56 Å². The summed E-state index contributed by atoms with van der Waals surface area (Å²) >= 11 is 0. The van der Waals surface area contributed by atoms with Crippen LogP contribution in [0.1, 0.15) is 36.8 Å². The van der Waals surface area contributed by atoms with Gasteiger partial charge >= 0.3 is 0 Å². The molecule has 0 amide bonds. The third-order valence-corrected chi connectivity index (χ3v) is 7.62. The standard InChI is InChI=1S/C20H26FN3O4S/c1-13-5-6-16(15(21)11-13)22-18-17(12-14(2)19(26)24(18)3)23-29(27,28)20(8-9-20)7-4-10-25/h5-6,11-12,22-23,25H,4,7-10H2,1-3H3. The van der Waals surface area contributed by atoms with Crippen LogP contribution in [0.15, 0.2) is 29.1 Å². The molecule has 1 fully saturated rings. The third-order valence-electron chi connectivity index (χ3n) is 5.38. The number of pyridine rings is 1. The summed E-state index contributed by atoms with van der Waals surface area (Å²) < 4.78 is 43.4. The van der Waals surface area contributed by atoms with E-state index in [0.29, 0.717) is 31.2 Å². The number of aliphatic hydroxyl groups is 1. The molecule has 0 bridgehead atoms. The van der Waals surface area contributed by atoms with E-state index in [4.69, 9.17) is 5.11 Å². The molecule has 1 aromatic heterocycles. The van der Waals surface area contributed by atoms with Gasteiger partial charge in [0.1, 0.15) is 11.6 Å². The van der Waals surface area contributed by atoms with Gasteiger partial charge in [-0.1, -0.05) is 6.07 Å². The van der Waals surface area contributed by atoms with Crippen LogP contribution in [0, 0.1) is 19.7 Å². The summed E-state index contributed by atoms with van der Waals surface area (Å²) in [6.45, 7) is 3.28. The molecule has 7 nitrogen and oxygen atoms in total. The zero-order valence-electron chi connectivity index (χ0n) is 16.8. The molecule has 158 valence electrons. The first kappa shape index (κ1) is 21.3. The minimum Gasteiger partial charge on any atom is -0.396 e. The number of anilines is 3. The van der Waals surface area contributed by atoms with Crippen LogP contribution in [0.2, 0.25) is 0 Å². The molecule has 1 aliphatic rings. The van der Waals surface area contributed by atoms with E-state index in [1.165, 1.54) is 29.8 Å². The highest BCUT2D eigenvalue weighted by Crippen LogP contribution is 2.48. The lowest BCUT2D eigenvalue weighted by atomic mass is 10.2. The zero-order valence-corrected chi connectivity index (χ0v) is 17.6. The van der Waals surface area contributed by atoms with Crippen LogP contribution < -0.4 is 15.6 Å². The van der Waals surface area contributed by atoms with Gasteiger partial charge in [-0.3, -0.25) is 14.1 Å². The Morgan fingerprint density at radius 1 is 1.21 bits per heavy atom. The van der Waals surface area contributed by atoms with Crippen molar-refractivity contribution in [2.45, 2.75) is 44.3 Å². The Kier molecular flexibility index (Phi) is 5.73. The predicted molar refractivity (Wildman–Crippen MR) is 112 cm³/mol. The molecule has 0 spiro atoms. The number of aryl methyl sites for hydroxylation is 2. The van der Waals surface area contributed by atoms with Crippen LogP contribution in [-0.4, -0.2) is 29.4 Å². The number of rotatable bonds is 8. The average molecular weight is 424 g/mol. The number of aromatic nitrogens is 1. The van der Waals surface area contributed by atoms with Crippen LogP contribution in [0.25, 0.3) is 0 Å².